The molecule has 78 valence electrons. The Kier molecular flexibility index (Phi) is 2.62. The summed E-state index contributed by atoms with van der Waals surface area (Å²) >= 11 is 0. The van der Waals surface area contributed by atoms with Gasteiger partial charge in [0.1, 0.15) is 17.6 Å². The summed E-state index contributed by atoms with van der Waals surface area (Å²) in [6, 6.07) is 3.65. The molecule has 0 aliphatic rings. The first-order valence-corrected chi connectivity index (χ1v) is 4.72. The van der Waals surface area contributed by atoms with Crippen LogP contribution in [0.1, 0.15) is 24.6 Å². The molecule has 2 heterocycles. The van der Waals surface area contributed by atoms with Crippen LogP contribution in [0.15, 0.2) is 28.9 Å². The molecule has 15 heavy (non-hydrogen) atoms. The van der Waals surface area contributed by atoms with Crippen molar-refractivity contribution >= 4 is 5.82 Å². The van der Waals surface area contributed by atoms with Crippen LogP contribution in [0, 0.1) is 6.92 Å². The van der Waals surface area contributed by atoms with Crippen LogP contribution in [0.5, 0.6) is 0 Å². The molecule has 0 aliphatic heterocycles. The van der Waals surface area contributed by atoms with Crippen LogP contribution >= 0.6 is 0 Å². The molecule has 0 bridgehead atoms. The zero-order valence-electron chi connectivity index (χ0n) is 8.64. The standard InChI is InChI=1S/C10H12N4O/c1-7-6-11-10(15-7)8(2)13-9-4-3-5-12-14-9/h3-6,8H,1-2H3,(H,13,14). The van der Waals surface area contributed by atoms with Crippen molar-refractivity contribution in [2.24, 2.45) is 0 Å². The lowest BCUT2D eigenvalue weighted by Crippen LogP contribution is -2.08. The van der Waals surface area contributed by atoms with Crippen molar-refractivity contribution in [1.82, 2.24) is 15.2 Å². The number of hydrogen-bond donors (Lipinski definition) is 1. The summed E-state index contributed by atoms with van der Waals surface area (Å²) in [5, 5.41) is 10.8. The number of nitrogens with zero attached hydrogens (tertiary/aromatic N) is 3. The lowest BCUT2D eigenvalue weighted by Gasteiger charge is -2.09. The number of hydrogen-bond acceptors (Lipinski definition) is 5. The first-order valence-electron chi connectivity index (χ1n) is 4.72. The molecule has 0 fully saturated rings. The van der Waals surface area contributed by atoms with Crippen LogP contribution < -0.4 is 5.32 Å². The van der Waals surface area contributed by atoms with Crippen molar-refractivity contribution < 1.29 is 4.42 Å². The molecule has 2 rings (SSSR count). The normalized spacial score (nSPS) is 12.4. The van der Waals surface area contributed by atoms with Gasteiger partial charge in [-0.2, -0.15) is 5.10 Å². The summed E-state index contributed by atoms with van der Waals surface area (Å²) in [5.41, 5.74) is 0. The van der Waals surface area contributed by atoms with E-state index in [4.69, 9.17) is 4.42 Å². The number of rotatable bonds is 3. The molecule has 0 spiro atoms. The highest BCUT2D eigenvalue weighted by atomic mass is 16.4. The molecule has 2 aromatic rings. The topological polar surface area (TPSA) is 63.8 Å². The summed E-state index contributed by atoms with van der Waals surface area (Å²) in [4.78, 5) is 4.13. The fourth-order valence-corrected chi connectivity index (χ4v) is 1.23. The lowest BCUT2D eigenvalue weighted by molar-refractivity contribution is 0.453. The van der Waals surface area contributed by atoms with Crippen molar-refractivity contribution in [3.63, 3.8) is 0 Å². The van der Waals surface area contributed by atoms with Gasteiger partial charge in [0.25, 0.3) is 0 Å². The van der Waals surface area contributed by atoms with Crippen LogP contribution in [-0.2, 0) is 0 Å². The number of nitrogens with one attached hydrogen (secondary N) is 1. The summed E-state index contributed by atoms with van der Waals surface area (Å²) in [5.74, 6) is 2.16. The van der Waals surface area contributed by atoms with Crippen LogP contribution in [0.3, 0.4) is 0 Å². The van der Waals surface area contributed by atoms with Gasteiger partial charge in [0.05, 0.1) is 6.20 Å². The molecular formula is C10H12N4O. The molecule has 1 atom stereocenters. The number of aryl methyl sites for hydroxylation is 1. The summed E-state index contributed by atoms with van der Waals surface area (Å²) < 4.78 is 5.40. The van der Waals surface area contributed by atoms with Crippen LogP contribution in [-0.4, -0.2) is 15.2 Å². The van der Waals surface area contributed by atoms with E-state index in [0.717, 1.165) is 5.76 Å². The van der Waals surface area contributed by atoms with Gasteiger partial charge in [0.15, 0.2) is 0 Å². The van der Waals surface area contributed by atoms with Gasteiger partial charge in [-0.1, -0.05) is 0 Å². The van der Waals surface area contributed by atoms with Gasteiger partial charge in [-0.3, -0.25) is 0 Å². The zero-order chi connectivity index (χ0) is 10.7. The van der Waals surface area contributed by atoms with E-state index >= 15 is 0 Å². The molecule has 0 aliphatic carbocycles. The Balaban J connectivity index is 2.07. The van der Waals surface area contributed by atoms with E-state index in [1.54, 1.807) is 12.4 Å². The van der Waals surface area contributed by atoms with Gasteiger partial charge < -0.3 is 9.73 Å². The average molecular weight is 204 g/mol. The second-order valence-electron chi connectivity index (χ2n) is 3.28. The molecule has 0 radical (unpaired) electrons. The highest BCUT2D eigenvalue weighted by molar-refractivity contribution is 5.33. The second kappa shape index (κ2) is 4.08. The van der Waals surface area contributed by atoms with Gasteiger partial charge in [0, 0.05) is 6.20 Å². The predicted octanol–water partition coefficient (Wildman–Crippen LogP) is 1.95. The van der Waals surface area contributed by atoms with Gasteiger partial charge in [-0.25, -0.2) is 4.98 Å². The van der Waals surface area contributed by atoms with Gasteiger partial charge in [-0.15, -0.1) is 5.10 Å². The van der Waals surface area contributed by atoms with Crippen LogP contribution in [0.2, 0.25) is 0 Å². The Morgan fingerprint density at radius 2 is 2.33 bits per heavy atom. The fraction of sp³-hybridized carbons (Fsp3) is 0.300. The van der Waals surface area contributed by atoms with Gasteiger partial charge >= 0.3 is 0 Å². The third kappa shape index (κ3) is 2.31. The molecular weight excluding hydrogens is 192 g/mol. The fourth-order valence-electron chi connectivity index (χ4n) is 1.23. The van der Waals surface area contributed by atoms with E-state index in [0.29, 0.717) is 11.7 Å². The first kappa shape index (κ1) is 9.64. The van der Waals surface area contributed by atoms with E-state index in [1.807, 2.05) is 26.0 Å². The minimum absolute atomic E-state index is 0.0181. The molecule has 5 heteroatoms. The van der Waals surface area contributed by atoms with Crippen LogP contribution in [0.4, 0.5) is 5.82 Å². The Morgan fingerprint density at radius 1 is 1.47 bits per heavy atom. The third-order valence-electron chi connectivity index (χ3n) is 1.95. The molecule has 0 saturated heterocycles. The largest absolute Gasteiger partial charge is 0.444 e. The quantitative estimate of drug-likeness (QED) is 0.827. The smallest absolute Gasteiger partial charge is 0.216 e. The maximum absolute atomic E-state index is 5.40. The summed E-state index contributed by atoms with van der Waals surface area (Å²) in [7, 11) is 0. The maximum Gasteiger partial charge on any atom is 0.216 e. The molecule has 5 nitrogen and oxygen atoms in total. The van der Waals surface area contributed by atoms with Crippen molar-refractivity contribution in [2.45, 2.75) is 19.9 Å². The van der Waals surface area contributed by atoms with Crippen molar-refractivity contribution in [1.29, 1.82) is 0 Å². The highest BCUT2D eigenvalue weighted by Gasteiger charge is 2.11. The van der Waals surface area contributed by atoms with E-state index in [-0.39, 0.29) is 6.04 Å². The monoisotopic (exact) mass is 204 g/mol. The Hall–Kier alpha value is -1.91. The Bertz CT molecular complexity index is 426. The van der Waals surface area contributed by atoms with Crippen molar-refractivity contribution in [2.75, 3.05) is 5.32 Å². The predicted molar refractivity (Wildman–Crippen MR) is 55.3 cm³/mol. The minimum Gasteiger partial charge on any atom is -0.444 e. The summed E-state index contributed by atoms with van der Waals surface area (Å²) in [6.07, 6.45) is 3.33. The van der Waals surface area contributed by atoms with Crippen molar-refractivity contribution in [3.05, 3.63) is 36.2 Å². The van der Waals surface area contributed by atoms with Crippen LogP contribution in [0.25, 0.3) is 0 Å². The number of oxazole rings is 1. The molecule has 1 N–H and O–H groups in total. The van der Waals surface area contributed by atoms with Crippen molar-refractivity contribution in [3.8, 4) is 0 Å². The Morgan fingerprint density at radius 3 is 2.93 bits per heavy atom. The van der Waals surface area contributed by atoms with Gasteiger partial charge in [0.2, 0.25) is 5.89 Å². The molecule has 0 amide bonds. The van der Waals surface area contributed by atoms with E-state index in [1.165, 1.54) is 0 Å². The van der Waals surface area contributed by atoms with E-state index in [2.05, 4.69) is 20.5 Å². The molecule has 2 aromatic heterocycles. The van der Waals surface area contributed by atoms with E-state index < -0.39 is 0 Å². The Labute approximate surface area is 87.6 Å². The lowest BCUT2D eigenvalue weighted by atomic mass is 10.3. The SMILES string of the molecule is Cc1cnc(C(C)Nc2cccnn2)o1. The minimum atomic E-state index is -0.0181. The van der Waals surface area contributed by atoms with E-state index in [9.17, 15) is 0 Å². The first-order chi connectivity index (χ1) is 7.25. The average Bonchev–Trinajstić information content (AvgIpc) is 2.66. The summed E-state index contributed by atoms with van der Waals surface area (Å²) in [6.45, 7) is 3.82. The second-order valence-corrected chi connectivity index (χ2v) is 3.28. The maximum atomic E-state index is 5.40. The number of aromatic nitrogens is 3. The third-order valence-corrected chi connectivity index (χ3v) is 1.95. The molecule has 1 unspecified atom stereocenters. The molecule has 0 saturated carbocycles. The molecule has 0 aromatic carbocycles. The zero-order valence-corrected chi connectivity index (χ0v) is 8.64. The number of anilines is 1. The highest BCUT2D eigenvalue weighted by Crippen LogP contribution is 2.16. The van der Waals surface area contributed by atoms with Gasteiger partial charge in [-0.05, 0) is 26.0 Å².